The number of carbonyl (C=O) groups excluding carboxylic acids is 1. The molecule has 1 amide bonds. The lowest BCUT2D eigenvalue weighted by atomic mass is 9.93. The maximum absolute atomic E-state index is 12.0. The summed E-state index contributed by atoms with van der Waals surface area (Å²) < 4.78 is 0.563. The number of amides is 1. The van der Waals surface area contributed by atoms with Crippen molar-refractivity contribution >= 4 is 21.8 Å². The first-order chi connectivity index (χ1) is 8.16. The van der Waals surface area contributed by atoms with E-state index < -0.39 is 0 Å². The molecule has 0 saturated heterocycles. The lowest BCUT2D eigenvalue weighted by Gasteiger charge is -2.26. The average Bonchev–Trinajstić information content (AvgIpc) is 2.32. The summed E-state index contributed by atoms with van der Waals surface area (Å²) in [6.07, 6.45) is 4.64. The Morgan fingerprint density at radius 2 is 2.12 bits per heavy atom. The van der Waals surface area contributed by atoms with Crippen LogP contribution >= 0.6 is 15.9 Å². The van der Waals surface area contributed by atoms with Crippen LogP contribution in [0, 0.1) is 0 Å². The lowest BCUT2D eigenvalue weighted by Crippen LogP contribution is -2.38. The van der Waals surface area contributed by atoms with Gasteiger partial charge in [0, 0.05) is 12.2 Å². The van der Waals surface area contributed by atoms with Gasteiger partial charge in [-0.3, -0.25) is 4.79 Å². The smallest absolute Gasteiger partial charge is 0.254 e. The predicted octanol–water partition coefficient (Wildman–Crippen LogP) is 1.88. The highest BCUT2D eigenvalue weighted by Crippen LogP contribution is 2.19. The topological polar surface area (TPSA) is 62.2 Å². The number of hydrogen-bond donors (Lipinski definition) is 2. The fourth-order valence-electron chi connectivity index (χ4n) is 2.04. The summed E-state index contributed by atoms with van der Waals surface area (Å²) in [5, 5.41) is 12.4. The molecule has 0 aromatic carbocycles. The minimum Gasteiger partial charge on any atom is -0.393 e. The van der Waals surface area contributed by atoms with Crippen molar-refractivity contribution in [2.75, 3.05) is 0 Å². The van der Waals surface area contributed by atoms with Crippen LogP contribution in [-0.2, 0) is 0 Å². The van der Waals surface area contributed by atoms with Gasteiger partial charge in [0.15, 0.2) is 0 Å². The van der Waals surface area contributed by atoms with Gasteiger partial charge in [0.2, 0.25) is 0 Å². The second-order valence-electron chi connectivity index (χ2n) is 4.32. The third-order valence-electron chi connectivity index (χ3n) is 3.04. The van der Waals surface area contributed by atoms with Crippen LogP contribution in [0.2, 0.25) is 0 Å². The van der Waals surface area contributed by atoms with Crippen molar-refractivity contribution in [3.05, 3.63) is 28.5 Å². The number of aliphatic hydroxyl groups is 1. The number of nitrogens with zero attached hydrogens (tertiary/aromatic N) is 1. The third-order valence-corrected chi connectivity index (χ3v) is 3.67. The highest BCUT2D eigenvalue weighted by atomic mass is 79.9. The molecule has 1 aromatic rings. The molecule has 1 aromatic heterocycles. The molecule has 0 aliphatic heterocycles. The van der Waals surface area contributed by atoms with E-state index in [9.17, 15) is 9.90 Å². The molecule has 0 bridgehead atoms. The highest BCUT2D eigenvalue weighted by molar-refractivity contribution is 9.10. The Labute approximate surface area is 109 Å². The number of nitrogens with one attached hydrogen (secondary N) is 1. The molecule has 5 heteroatoms. The van der Waals surface area contributed by atoms with Crippen molar-refractivity contribution in [3.8, 4) is 0 Å². The molecule has 0 radical (unpaired) electrons. The zero-order chi connectivity index (χ0) is 12.3. The van der Waals surface area contributed by atoms with E-state index in [0.29, 0.717) is 10.2 Å². The Morgan fingerprint density at radius 3 is 2.76 bits per heavy atom. The quantitative estimate of drug-likeness (QED) is 0.820. The Bertz CT molecular complexity index is 403. The Kier molecular flexibility index (Phi) is 4.12. The molecular formula is C12H15BrN2O2. The first kappa shape index (κ1) is 12.5. The van der Waals surface area contributed by atoms with E-state index in [2.05, 4.69) is 26.2 Å². The maximum atomic E-state index is 12.0. The van der Waals surface area contributed by atoms with E-state index >= 15 is 0 Å². The van der Waals surface area contributed by atoms with Crippen LogP contribution < -0.4 is 5.32 Å². The normalized spacial score (nSPS) is 24.4. The predicted molar refractivity (Wildman–Crippen MR) is 67.7 cm³/mol. The van der Waals surface area contributed by atoms with Gasteiger partial charge in [-0.1, -0.05) is 0 Å². The number of hydrogen-bond acceptors (Lipinski definition) is 3. The number of aromatic nitrogens is 1. The lowest BCUT2D eigenvalue weighted by molar-refractivity contribution is 0.0866. The van der Waals surface area contributed by atoms with E-state index in [1.54, 1.807) is 18.3 Å². The molecule has 2 N–H and O–H groups in total. The van der Waals surface area contributed by atoms with Gasteiger partial charge in [-0.25, -0.2) is 4.98 Å². The van der Waals surface area contributed by atoms with Gasteiger partial charge < -0.3 is 10.4 Å². The number of halogens is 1. The molecule has 0 atom stereocenters. The molecule has 4 nitrogen and oxygen atoms in total. The molecule has 1 aliphatic rings. The van der Waals surface area contributed by atoms with Crippen molar-refractivity contribution in [3.63, 3.8) is 0 Å². The zero-order valence-corrected chi connectivity index (χ0v) is 11.0. The summed E-state index contributed by atoms with van der Waals surface area (Å²) in [5.41, 5.74) is 0.554. The summed E-state index contributed by atoms with van der Waals surface area (Å²) >= 11 is 3.26. The van der Waals surface area contributed by atoms with E-state index in [0.717, 1.165) is 25.7 Å². The van der Waals surface area contributed by atoms with E-state index in [1.807, 2.05) is 0 Å². The number of carbonyl (C=O) groups is 1. The molecule has 0 unspecified atom stereocenters. The summed E-state index contributed by atoms with van der Waals surface area (Å²) in [5.74, 6) is -0.105. The van der Waals surface area contributed by atoms with Crippen LogP contribution in [0.15, 0.2) is 22.9 Å². The molecule has 0 spiro atoms. The van der Waals surface area contributed by atoms with Crippen molar-refractivity contribution in [2.24, 2.45) is 0 Å². The van der Waals surface area contributed by atoms with Crippen LogP contribution in [0.25, 0.3) is 0 Å². The second-order valence-corrected chi connectivity index (χ2v) is 5.07. The monoisotopic (exact) mass is 298 g/mol. The van der Waals surface area contributed by atoms with Gasteiger partial charge in [0.1, 0.15) is 4.60 Å². The number of pyridine rings is 1. The fourth-order valence-corrected chi connectivity index (χ4v) is 2.47. The minimum absolute atomic E-state index is 0.105. The molecule has 1 fully saturated rings. The molecule has 92 valence electrons. The fraction of sp³-hybridized carbons (Fsp3) is 0.500. The van der Waals surface area contributed by atoms with E-state index in [1.165, 1.54) is 0 Å². The van der Waals surface area contributed by atoms with Crippen molar-refractivity contribution < 1.29 is 9.90 Å². The molecule has 17 heavy (non-hydrogen) atoms. The third kappa shape index (κ3) is 3.26. The van der Waals surface area contributed by atoms with Crippen LogP contribution in [0.4, 0.5) is 0 Å². The number of rotatable bonds is 2. The van der Waals surface area contributed by atoms with Gasteiger partial charge >= 0.3 is 0 Å². The van der Waals surface area contributed by atoms with E-state index in [-0.39, 0.29) is 18.1 Å². The van der Waals surface area contributed by atoms with Crippen molar-refractivity contribution in [1.82, 2.24) is 10.3 Å². The van der Waals surface area contributed by atoms with Gasteiger partial charge in [-0.2, -0.15) is 0 Å². The molecular weight excluding hydrogens is 284 g/mol. The van der Waals surface area contributed by atoms with Crippen LogP contribution in [0.1, 0.15) is 36.0 Å². The molecule has 2 rings (SSSR count). The van der Waals surface area contributed by atoms with Gasteiger partial charge in [0.05, 0.1) is 11.7 Å². The van der Waals surface area contributed by atoms with Crippen molar-refractivity contribution in [1.29, 1.82) is 0 Å². The molecule has 1 aliphatic carbocycles. The average molecular weight is 299 g/mol. The SMILES string of the molecule is O=C(NC1CCC(O)CC1)c1cccnc1Br. The summed E-state index contributed by atoms with van der Waals surface area (Å²) in [6, 6.07) is 3.65. The maximum Gasteiger partial charge on any atom is 0.254 e. The van der Waals surface area contributed by atoms with Crippen LogP contribution in [-0.4, -0.2) is 28.1 Å². The largest absolute Gasteiger partial charge is 0.393 e. The molecule has 1 saturated carbocycles. The Morgan fingerprint density at radius 1 is 1.41 bits per heavy atom. The summed E-state index contributed by atoms with van der Waals surface area (Å²) in [4.78, 5) is 16.0. The first-order valence-electron chi connectivity index (χ1n) is 5.76. The first-order valence-corrected chi connectivity index (χ1v) is 6.55. The number of aliphatic hydroxyl groups excluding tert-OH is 1. The van der Waals surface area contributed by atoms with Crippen LogP contribution in [0.5, 0.6) is 0 Å². The highest BCUT2D eigenvalue weighted by Gasteiger charge is 2.21. The molecule has 1 heterocycles. The Balaban J connectivity index is 1.96. The van der Waals surface area contributed by atoms with Crippen LogP contribution in [0.3, 0.4) is 0 Å². The minimum atomic E-state index is -0.201. The second kappa shape index (κ2) is 5.60. The Hall–Kier alpha value is -0.940. The zero-order valence-electron chi connectivity index (χ0n) is 9.40. The summed E-state index contributed by atoms with van der Waals surface area (Å²) in [7, 11) is 0. The standard InChI is InChI=1S/C12H15BrN2O2/c13-11-10(2-1-7-14-11)12(17)15-8-3-5-9(16)6-4-8/h1-2,7-9,16H,3-6H2,(H,15,17). The van der Waals surface area contributed by atoms with E-state index in [4.69, 9.17) is 0 Å². The van der Waals surface area contributed by atoms with Crippen molar-refractivity contribution in [2.45, 2.75) is 37.8 Å². The summed E-state index contributed by atoms with van der Waals surface area (Å²) in [6.45, 7) is 0. The van der Waals surface area contributed by atoms with Gasteiger partial charge in [0.25, 0.3) is 5.91 Å². The van der Waals surface area contributed by atoms with Gasteiger partial charge in [-0.05, 0) is 53.7 Å². The van der Waals surface area contributed by atoms with Gasteiger partial charge in [-0.15, -0.1) is 0 Å².